The molecule has 0 aliphatic heterocycles. The first-order valence-electron chi connectivity index (χ1n) is 6.15. The predicted molar refractivity (Wildman–Crippen MR) is 77.6 cm³/mol. The van der Waals surface area contributed by atoms with E-state index < -0.39 is 5.97 Å². The van der Waals surface area contributed by atoms with E-state index in [4.69, 9.17) is 22.4 Å². The summed E-state index contributed by atoms with van der Waals surface area (Å²) in [5.41, 5.74) is 7.98. The van der Waals surface area contributed by atoms with Gasteiger partial charge in [-0.05, 0) is 25.1 Å². The molecule has 8 heteroatoms. The molecule has 0 spiro atoms. The molecule has 21 heavy (non-hydrogen) atoms. The highest BCUT2D eigenvalue weighted by Gasteiger charge is 2.13. The van der Waals surface area contributed by atoms with Crippen LogP contribution >= 0.6 is 11.6 Å². The van der Waals surface area contributed by atoms with Gasteiger partial charge in [0.1, 0.15) is 5.82 Å². The van der Waals surface area contributed by atoms with Gasteiger partial charge in [0.2, 0.25) is 0 Å². The van der Waals surface area contributed by atoms with Crippen LogP contribution in [0, 0.1) is 6.92 Å². The van der Waals surface area contributed by atoms with Gasteiger partial charge >= 0.3 is 5.97 Å². The lowest BCUT2D eigenvalue weighted by Gasteiger charge is -2.07. The molecule has 0 radical (unpaired) electrons. The van der Waals surface area contributed by atoms with Crippen LogP contribution in [-0.4, -0.2) is 30.5 Å². The number of aryl methyl sites for hydroxylation is 1. The van der Waals surface area contributed by atoms with E-state index in [1.54, 1.807) is 34.3 Å². The van der Waals surface area contributed by atoms with Crippen molar-refractivity contribution in [3.05, 3.63) is 46.4 Å². The number of nitrogens with zero attached hydrogens (tertiary/aromatic N) is 4. The minimum absolute atomic E-state index is 0.00533. The molecule has 0 aliphatic carbocycles. The molecule has 0 aliphatic rings. The van der Waals surface area contributed by atoms with E-state index in [1.165, 1.54) is 6.07 Å². The Morgan fingerprint density at radius 3 is 2.76 bits per heavy atom. The lowest BCUT2D eigenvalue weighted by molar-refractivity contribution is 0.0689. The number of pyridine rings is 1. The molecule has 3 rings (SSSR count). The van der Waals surface area contributed by atoms with Crippen molar-refractivity contribution in [3.8, 4) is 0 Å². The second-order valence-electron chi connectivity index (χ2n) is 4.70. The molecule has 0 saturated carbocycles. The molecule has 0 bridgehead atoms. The number of hydrogen-bond acceptors (Lipinski definition) is 4. The highest BCUT2D eigenvalue weighted by molar-refractivity contribution is 6.31. The van der Waals surface area contributed by atoms with Crippen LogP contribution in [0.1, 0.15) is 21.9 Å². The van der Waals surface area contributed by atoms with Crippen LogP contribution in [0.25, 0.3) is 5.52 Å². The van der Waals surface area contributed by atoms with Crippen molar-refractivity contribution in [2.75, 3.05) is 5.73 Å². The van der Waals surface area contributed by atoms with Crippen LogP contribution in [0.5, 0.6) is 0 Å². The Morgan fingerprint density at radius 1 is 1.33 bits per heavy atom. The number of hydrogen-bond donors (Lipinski definition) is 2. The molecule has 0 fully saturated rings. The Balaban J connectivity index is 2.07. The second kappa shape index (κ2) is 4.78. The van der Waals surface area contributed by atoms with Crippen LogP contribution in [0.15, 0.2) is 24.3 Å². The summed E-state index contributed by atoms with van der Waals surface area (Å²) in [5, 5.41) is 17.8. The van der Waals surface area contributed by atoms with Gasteiger partial charge in [0.05, 0.1) is 17.8 Å². The highest BCUT2D eigenvalue weighted by atomic mass is 35.5. The summed E-state index contributed by atoms with van der Waals surface area (Å²) in [4.78, 5) is 11.0. The Hall–Kier alpha value is -2.54. The van der Waals surface area contributed by atoms with Crippen LogP contribution < -0.4 is 5.73 Å². The second-order valence-corrected chi connectivity index (χ2v) is 5.14. The predicted octanol–water partition coefficient (Wildman–Crippen LogP) is 1.82. The number of anilines is 1. The van der Waals surface area contributed by atoms with Gasteiger partial charge in [-0.3, -0.25) is 4.68 Å². The van der Waals surface area contributed by atoms with Gasteiger partial charge in [-0.15, -0.1) is 0 Å². The monoisotopic (exact) mass is 305 g/mol. The van der Waals surface area contributed by atoms with E-state index in [-0.39, 0.29) is 5.69 Å². The normalized spacial score (nSPS) is 11.1. The summed E-state index contributed by atoms with van der Waals surface area (Å²) in [6.07, 6.45) is 0. The van der Waals surface area contributed by atoms with Gasteiger partial charge in [0, 0.05) is 16.8 Å². The molecule has 0 aromatic carbocycles. The third-order valence-electron chi connectivity index (χ3n) is 3.13. The SMILES string of the molecule is Cc1cc(C(=O)O)nn1Cc1cc(Cl)cc2cc(N)nn12. The summed E-state index contributed by atoms with van der Waals surface area (Å²) in [7, 11) is 0. The number of rotatable bonds is 3. The third-order valence-corrected chi connectivity index (χ3v) is 3.35. The van der Waals surface area contributed by atoms with Gasteiger partial charge in [0.25, 0.3) is 0 Å². The number of fused-ring (bicyclic) bond motifs is 1. The van der Waals surface area contributed by atoms with E-state index in [2.05, 4.69) is 10.2 Å². The van der Waals surface area contributed by atoms with Crippen LogP contribution in [0.4, 0.5) is 5.82 Å². The first-order valence-corrected chi connectivity index (χ1v) is 6.53. The minimum atomic E-state index is -1.06. The van der Waals surface area contributed by atoms with Gasteiger partial charge in [-0.2, -0.15) is 10.2 Å². The summed E-state index contributed by atoms with van der Waals surface area (Å²) < 4.78 is 3.26. The van der Waals surface area contributed by atoms with Crippen molar-refractivity contribution in [2.24, 2.45) is 0 Å². The largest absolute Gasteiger partial charge is 0.476 e. The van der Waals surface area contributed by atoms with Crippen molar-refractivity contribution in [2.45, 2.75) is 13.5 Å². The smallest absolute Gasteiger partial charge is 0.356 e. The molecule has 3 heterocycles. The molecule has 0 amide bonds. The lowest BCUT2D eigenvalue weighted by atomic mass is 10.3. The number of aromatic carboxylic acids is 1. The number of carboxylic acid groups (broad SMARTS) is 1. The maximum Gasteiger partial charge on any atom is 0.356 e. The van der Waals surface area contributed by atoms with Gasteiger partial charge in [-0.25, -0.2) is 9.31 Å². The Labute approximate surface area is 124 Å². The highest BCUT2D eigenvalue weighted by Crippen LogP contribution is 2.19. The van der Waals surface area contributed by atoms with Crippen LogP contribution in [-0.2, 0) is 6.54 Å². The van der Waals surface area contributed by atoms with Gasteiger partial charge in [0.15, 0.2) is 5.69 Å². The van der Waals surface area contributed by atoms with E-state index >= 15 is 0 Å². The maximum atomic E-state index is 11.0. The fraction of sp³-hybridized carbons (Fsp3) is 0.154. The lowest BCUT2D eigenvalue weighted by Crippen LogP contribution is -2.10. The zero-order valence-corrected chi connectivity index (χ0v) is 11.9. The molecule has 3 aromatic heterocycles. The molecular formula is C13H12ClN5O2. The molecule has 3 N–H and O–H groups in total. The third kappa shape index (κ3) is 2.43. The number of nitrogen functional groups attached to an aromatic ring is 1. The first-order chi connectivity index (χ1) is 9.94. The van der Waals surface area contributed by atoms with Crippen molar-refractivity contribution in [1.82, 2.24) is 19.4 Å². The standard InChI is InChI=1S/C13H12ClN5O2/c1-7-2-11(13(20)21)16-18(7)6-10-4-8(14)3-9-5-12(15)17-19(9)10/h2-5H,6H2,1H3,(H2,15,17)(H,20,21). The average molecular weight is 306 g/mol. The molecule has 3 aromatic rings. The average Bonchev–Trinajstić information content (AvgIpc) is 2.93. The van der Waals surface area contributed by atoms with Crippen molar-refractivity contribution in [1.29, 1.82) is 0 Å². The Morgan fingerprint density at radius 2 is 2.10 bits per heavy atom. The molecule has 0 unspecified atom stereocenters. The van der Waals surface area contributed by atoms with E-state index in [0.717, 1.165) is 16.9 Å². The summed E-state index contributed by atoms with van der Waals surface area (Å²) >= 11 is 6.09. The molecule has 7 nitrogen and oxygen atoms in total. The van der Waals surface area contributed by atoms with Crippen molar-refractivity contribution < 1.29 is 9.90 Å². The summed E-state index contributed by atoms with van der Waals surface area (Å²) in [5.74, 6) is -0.668. The molecule has 0 atom stereocenters. The quantitative estimate of drug-likeness (QED) is 0.769. The fourth-order valence-corrected chi connectivity index (χ4v) is 2.43. The minimum Gasteiger partial charge on any atom is -0.476 e. The van der Waals surface area contributed by atoms with E-state index in [0.29, 0.717) is 17.4 Å². The summed E-state index contributed by atoms with van der Waals surface area (Å²) in [6.45, 7) is 2.13. The number of carbonyl (C=O) groups is 1. The summed E-state index contributed by atoms with van der Waals surface area (Å²) in [6, 6.07) is 6.74. The number of halogens is 1. The number of aromatic nitrogens is 4. The van der Waals surface area contributed by atoms with E-state index in [1.807, 2.05) is 0 Å². The fourth-order valence-electron chi connectivity index (χ4n) is 2.19. The van der Waals surface area contributed by atoms with Crippen LogP contribution in [0.3, 0.4) is 0 Å². The first kappa shape index (κ1) is 13.4. The van der Waals surface area contributed by atoms with Gasteiger partial charge in [-0.1, -0.05) is 11.6 Å². The van der Waals surface area contributed by atoms with Crippen LogP contribution in [0.2, 0.25) is 5.02 Å². The number of carboxylic acids is 1. The Kier molecular flexibility index (Phi) is 3.06. The molecule has 0 saturated heterocycles. The Bertz CT molecular complexity index is 852. The number of nitrogens with two attached hydrogens (primary N) is 1. The maximum absolute atomic E-state index is 11.0. The zero-order valence-electron chi connectivity index (χ0n) is 11.1. The topological polar surface area (TPSA) is 98.4 Å². The van der Waals surface area contributed by atoms with E-state index in [9.17, 15) is 4.79 Å². The molecular weight excluding hydrogens is 294 g/mol. The van der Waals surface area contributed by atoms with Gasteiger partial charge < -0.3 is 10.8 Å². The molecule has 108 valence electrons. The zero-order chi connectivity index (χ0) is 15.1. The van der Waals surface area contributed by atoms with Crippen molar-refractivity contribution >= 4 is 28.9 Å². The van der Waals surface area contributed by atoms with Crippen molar-refractivity contribution in [3.63, 3.8) is 0 Å².